The number of amides is 2. The molecule has 1 spiro atoms. The molecule has 0 bridgehead atoms. The average Bonchev–Trinajstić information content (AvgIpc) is 3.45. The number of imide groups is 1. The highest BCUT2D eigenvalue weighted by atomic mass is 19.1. The molecule has 3 atom stereocenters. The summed E-state index contributed by atoms with van der Waals surface area (Å²) in [7, 11) is 0. The molecule has 0 radical (unpaired) electrons. The van der Waals surface area contributed by atoms with Gasteiger partial charge in [-0.05, 0) is 48.9 Å². The predicted molar refractivity (Wildman–Crippen MR) is 125 cm³/mol. The Balaban J connectivity index is 1.49. The first-order valence-corrected chi connectivity index (χ1v) is 11.6. The lowest BCUT2D eigenvalue weighted by Crippen LogP contribution is -2.51. The number of ether oxygens (including phenoxy) is 2. The van der Waals surface area contributed by atoms with Gasteiger partial charge in [0, 0.05) is 11.1 Å². The van der Waals surface area contributed by atoms with E-state index in [0.717, 1.165) is 4.90 Å². The van der Waals surface area contributed by atoms with Gasteiger partial charge in [0.05, 0.1) is 30.2 Å². The topological polar surface area (TPSA) is 90.0 Å². The minimum Gasteiger partial charge on any atom is -0.494 e. The summed E-state index contributed by atoms with van der Waals surface area (Å²) in [5.41, 5.74) is -1.16. The zero-order valence-corrected chi connectivity index (χ0v) is 19.1. The number of carbonyl (C=O) groups is 4. The van der Waals surface area contributed by atoms with Crippen LogP contribution in [0.15, 0.2) is 72.8 Å². The number of anilines is 1. The number of fused-ring (bicyclic) bond motifs is 3. The highest BCUT2D eigenvalue weighted by Gasteiger charge is 2.74. The van der Waals surface area contributed by atoms with E-state index in [1.54, 1.807) is 36.4 Å². The fourth-order valence-electron chi connectivity index (χ4n) is 5.58. The summed E-state index contributed by atoms with van der Waals surface area (Å²) in [4.78, 5) is 56.1. The van der Waals surface area contributed by atoms with Gasteiger partial charge in [-0.1, -0.05) is 36.4 Å². The number of hydrogen-bond donors (Lipinski definition) is 0. The molecule has 8 heteroatoms. The number of benzene rings is 3. The van der Waals surface area contributed by atoms with Crippen molar-refractivity contribution in [2.45, 2.75) is 18.6 Å². The largest absolute Gasteiger partial charge is 0.494 e. The van der Waals surface area contributed by atoms with Gasteiger partial charge in [-0.15, -0.1) is 0 Å². The molecule has 3 aliphatic rings. The second-order valence-corrected chi connectivity index (χ2v) is 8.97. The lowest BCUT2D eigenvalue weighted by molar-refractivity contribution is -0.127. The first kappa shape index (κ1) is 22.3. The quantitative estimate of drug-likeness (QED) is 0.411. The molecule has 2 aliphatic heterocycles. The molecule has 2 amide bonds. The highest BCUT2D eigenvalue weighted by Crippen LogP contribution is 2.57. The van der Waals surface area contributed by atoms with Crippen molar-refractivity contribution in [2.75, 3.05) is 11.5 Å². The van der Waals surface area contributed by atoms with Crippen LogP contribution in [0.1, 0.15) is 39.3 Å². The van der Waals surface area contributed by atoms with Crippen molar-refractivity contribution in [3.05, 3.63) is 95.3 Å². The number of hydrogen-bond acceptors (Lipinski definition) is 6. The average molecular weight is 485 g/mol. The molecule has 3 aromatic carbocycles. The molecular weight excluding hydrogens is 465 g/mol. The summed E-state index contributed by atoms with van der Waals surface area (Å²) in [5.74, 6) is -4.98. The Morgan fingerprint density at radius 3 is 2.06 bits per heavy atom. The van der Waals surface area contributed by atoms with E-state index in [-0.39, 0.29) is 11.1 Å². The van der Waals surface area contributed by atoms with E-state index in [0.29, 0.717) is 23.6 Å². The van der Waals surface area contributed by atoms with Gasteiger partial charge in [0.2, 0.25) is 29.0 Å². The van der Waals surface area contributed by atoms with Crippen LogP contribution in [0, 0.1) is 17.7 Å². The molecule has 1 aliphatic carbocycles. The van der Waals surface area contributed by atoms with E-state index in [2.05, 4.69) is 0 Å². The van der Waals surface area contributed by atoms with Crippen LogP contribution in [-0.2, 0) is 14.3 Å². The lowest BCUT2D eigenvalue weighted by Gasteiger charge is -2.27. The van der Waals surface area contributed by atoms with Crippen LogP contribution in [-0.4, -0.2) is 35.6 Å². The summed E-state index contributed by atoms with van der Waals surface area (Å²) >= 11 is 0. The first-order valence-electron chi connectivity index (χ1n) is 11.6. The van der Waals surface area contributed by atoms with Crippen molar-refractivity contribution >= 4 is 29.1 Å². The smallest absolute Gasteiger partial charge is 0.241 e. The summed E-state index contributed by atoms with van der Waals surface area (Å²) in [6.45, 7) is 2.29. The fourth-order valence-corrected chi connectivity index (χ4v) is 5.58. The molecule has 2 saturated heterocycles. The van der Waals surface area contributed by atoms with Crippen molar-refractivity contribution in [2.24, 2.45) is 11.8 Å². The second kappa shape index (κ2) is 7.93. The maximum atomic E-state index is 13.9. The van der Waals surface area contributed by atoms with Crippen molar-refractivity contribution in [3.63, 3.8) is 0 Å². The molecule has 7 nitrogen and oxygen atoms in total. The SMILES string of the molecule is CCOc1ccc(N2C(=O)[C@H]3[C@@H](c4ccc(F)cc4)OC4(C(=O)c5ccccc5C4=O)[C@@H]3C2=O)cc1. The van der Waals surface area contributed by atoms with E-state index >= 15 is 0 Å². The Bertz CT molecular complexity index is 1400. The number of Topliss-reactive ketones (excluding diaryl/α,β-unsaturated/α-hetero) is 2. The van der Waals surface area contributed by atoms with Gasteiger partial charge in [-0.25, -0.2) is 9.29 Å². The highest BCUT2D eigenvalue weighted by molar-refractivity contribution is 6.37. The van der Waals surface area contributed by atoms with Crippen molar-refractivity contribution < 1.29 is 33.0 Å². The number of carbonyl (C=O) groups excluding carboxylic acids is 4. The number of halogens is 1. The van der Waals surface area contributed by atoms with Gasteiger partial charge in [0.15, 0.2) is 0 Å². The Morgan fingerprint density at radius 1 is 0.861 bits per heavy atom. The van der Waals surface area contributed by atoms with Gasteiger partial charge < -0.3 is 9.47 Å². The van der Waals surface area contributed by atoms with Gasteiger partial charge >= 0.3 is 0 Å². The number of rotatable bonds is 4. The number of ketones is 2. The van der Waals surface area contributed by atoms with Crippen LogP contribution in [0.2, 0.25) is 0 Å². The van der Waals surface area contributed by atoms with E-state index < -0.39 is 52.7 Å². The zero-order chi connectivity index (χ0) is 25.2. The van der Waals surface area contributed by atoms with Crippen molar-refractivity contribution in [3.8, 4) is 5.75 Å². The Kier molecular flexibility index (Phi) is 4.91. The number of nitrogens with zero attached hydrogens (tertiary/aromatic N) is 1. The zero-order valence-electron chi connectivity index (χ0n) is 19.1. The molecule has 0 N–H and O–H groups in total. The van der Waals surface area contributed by atoms with Crippen molar-refractivity contribution in [1.29, 1.82) is 0 Å². The van der Waals surface area contributed by atoms with E-state index in [4.69, 9.17) is 9.47 Å². The molecule has 180 valence electrons. The molecule has 2 heterocycles. The summed E-state index contributed by atoms with van der Waals surface area (Å²) in [6, 6.07) is 18.0. The van der Waals surface area contributed by atoms with Gasteiger partial charge in [0.25, 0.3) is 0 Å². The van der Waals surface area contributed by atoms with Crippen LogP contribution in [0.5, 0.6) is 5.75 Å². The first-order chi connectivity index (χ1) is 17.4. The summed E-state index contributed by atoms with van der Waals surface area (Å²) in [5, 5.41) is 0. The predicted octanol–water partition coefficient (Wildman–Crippen LogP) is 3.92. The normalized spacial score (nSPS) is 23.9. The van der Waals surface area contributed by atoms with Crippen molar-refractivity contribution in [1.82, 2.24) is 0 Å². The molecule has 6 rings (SSSR count). The van der Waals surface area contributed by atoms with Gasteiger partial charge in [-0.3, -0.25) is 19.2 Å². The molecule has 0 saturated carbocycles. The minimum absolute atomic E-state index is 0.153. The third-order valence-corrected chi connectivity index (χ3v) is 7.12. The second-order valence-electron chi connectivity index (χ2n) is 8.97. The van der Waals surface area contributed by atoms with Crippen LogP contribution < -0.4 is 9.64 Å². The molecule has 0 aromatic heterocycles. The van der Waals surface area contributed by atoms with Crippen LogP contribution >= 0.6 is 0 Å². The third-order valence-electron chi connectivity index (χ3n) is 7.12. The molecule has 0 unspecified atom stereocenters. The standard InChI is InChI=1S/C28H20FNO6/c1-2-35-18-13-11-17(12-14-18)30-26(33)21-22(27(30)34)28(36-23(21)15-7-9-16(29)10-8-15)24(31)19-5-3-4-6-20(19)25(28)32/h3-14,21-23H,2H2,1H3/t21-,22+,23-/m1/s1. The Hall–Kier alpha value is -4.17. The fraction of sp³-hybridized carbons (Fsp3) is 0.214. The lowest BCUT2D eigenvalue weighted by atomic mass is 9.77. The third kappa shape index (κ3) is 2.88. The van der Waals surface area contributed by atoms with E-state index in [1.807, 2.05) is 6.92 Å². The van der Waals surface area contributed by atoms with Crippen LogP contribution in [0.25, 0.3) is 0 Å². The summed E-state index contributed by atoms with van der Waals surface area (Å²) < 4.78 is 25.3. The Morgan fingerprint density at radius 2 is 1.47 bits per heavy atom. The Labute approximate surface area is 205 Å². The van der Waals surface area contributed by atoms with Gasteiger partial charge in [0.1, 0.15) is 11.6 Å². The maximum Gasteiger partial charge on any atom is 0.241 e. The van der Waals surface area contributed by atoms with Crippen LogP contribution in [0.3, 0.4) is 0 Å². The van der Waals surface area contributed by atoms with E-state index in [9.17, 15) is 23.6 Å². The minimum atomic E-state index is -2.17. The van der Waals surface area contributed by atoms with Gasteiger partial charge in [-0.2, -0.15) is 0 Å². The summed E-state index contributed by atoms with van der Waals surface area (Å²) in [6.07, 6.45) is -1.10. The maximum absolute atomic E-state index is 13.9. The van der Waals surface area contributed by atoms with E-state index in [1.165, 1.54) is 36.4 Å². The molecule has 2 fully saturated rings. The monoisotopic (exact) mass is 485 g/mol. The molecular formula is C28H20FNO6. The van der Waals surface area contributed by atoms with Crippen LogP contribution in [0.4, 0.5) is 10.1 Å². The molecule has 36 heavy (non-hydrogen) atoms. The molecule has 3 aromatic rings.